The van der Waals surface area contributed by atoms with E-state index >= 15 is 0 Å². The summed E-state index contributed by atoms with van der Waals surface area (Å²) in [6.07, 6.45) is -2.02. The van der Waals surface area contributed by atoms with E-state index in [9.17, 15) is 10.00 Å². The van der Waals surface area contributed by atoms with Gasteiger partial charge in [0.1, 0.15) is 24.6 Å². The molecule has 0 aliphatic carbocycles. The molecule has 0 radical (unpaired) electrons. The van der Waals surface area contributed by atoms with Gasteiger partial charge in [0.15, 0.2) is 27.9 Å². The summed E-state index contributed by atoms with van der Waals surface area (Å²) in [5.74, 6) is 0.213. The summed E-state index contributed by atoms with van der Waals surface area (Å²) in [6, 6.07) is 0. The Balaban J connectivity index is 0.00000113. The fraction of sp³-hybridized carbons (Fsp3) is 0.500. The molecule has 2 saturated heterocycles. The average Bonchev–Trinajstić information content (AvgIpc) is 2.97. The number of hydrogen-bond acceptors (Lipinski definition) is 9. The van der Waals surface area contributed by atoms with Gasteiger partial charge in [0.2, 0.25) is 0 Å². The number of nitrogens with two attached hydrogens (primary N) is 1. The Bertz CT molecular complexity index is 847. The molecule has 0 amide bonds. The first-order valence-electron chi connectivity index (χ1n) is 6.50. The molecular formula is C10H12BrN5NaO5PS. The van der Waals surface area contributed by atoms with Crippen molar-refractivity contribution in [1.82, 2.24) is 19.5 Å². The maximum atomic E-state index is 10.6. The number of halogens is 1. The van der Waals surface area contributed by atoms with E-state index in [0.29, 0.717) is 15.9 Å². The second-order valence-electron chi connectivity index (χ2n) is 5.07. The van der Waals surface area contributed by atoms with Gasteiger partial charge in [0.05, 0.1) is 6.61 Å². The summed E-state index contributed by atoms with van der Waals surface area (Å²) >= 11 is 8.13. The normalized spacial score (nSPS) is 35.6. The summed E-state index contributed by atoms with van der Waals surface area (Å²) in [6.45, 7) is -3.32. The van der Waals surface area contributed by atoms with Crippen molar-refractivity contribution in [2.45, 2.75) is 24.5 Å². The average molecular weight is 448 g/mol. The van der Waals surface area contributed by atoms with Crippen molar-refractivity contribution in [3.8, 4) is 0 Å². The van der Waals surface area contributed by atoms with Crippen molar-refractivity contribution in [3.05, 3.63) is 11.1 Å². The van der Waals surface area contributed by atoms with Crippen LogP contribution in [0.1, 0.15) is 7.65 Å². The molecule has 0 aromatic carbocycles. The summed E-state index contributed by atoms with van der Waals surface area (Å²) in [5.41, 5.74) is 6.57. The predicted octanol–water partition coefficient (Wildman–Crippen LogP) is -2.82. The molecule has 14 heteroatoms. The number of nitrogen functional groups attached to an aromatic ring is 1. The molecule has 24 heavy (non-hydrogen) atoms. The molecule has 2 aromatic rings. The Morgan fingerprint density at radius 3 is 3.00 bits per heavy atom. The molecule has 0 spiro atoms. The number of rotatable bonds is 1. The van der Waals surface area contributed by atoms with Crippen LogP contribution in [0.25, 0.3) is 11.2 Å². The zero-order chi connectivity index (χ0) is 16.4. The first-order valence-corrected chi connectivity index (χ1v) is 9.89. The van der Waals surface area contributed by atoms with Crippen LogP contribution in [0.3, 0.4) is 0 Å². The van der Waals surface area contributed by atoms with Crippen LogP contribution in [-0.2, 0) is 25.6 Å². The summed E-state index contributed by atoms with van der Waals surface area (Å²) in [5, 5.41) is 10.6. The van der Waals surface area contributed by atoms with Gasteiger partial charge in [-0.3, -0.25) is 9.09 Å². The van der Waals surface area contributed by atoms with E-state index in [4.69, 9.17) is 31.3 Å². The molecule has 4 rings (SSSR count). The first-order chi connectivity index (χ1) is 10.9. The molecule has 2 fully saturated rings. The van der Waals surface area contributed by atoms with Crippen molar-refractivity contribution in [1.29, 1.82) is 0 Å². The van der Waals surface area contributed by atoms with E-state index in [1.807, 2.05) is 0 Å². The molecule has 4 heterocycles. The quantitative estimate of drug-likeness (QED) is 0.238. The van der Waals surface area contributed by atoms with Crippen LogP contribution < -0.4 is 35.3 Å². The first kappa shape index (κ1) is 19.1. The van der Waals surface area contributed by atoms with Crippen molar-refractivity contribution in [2.75, 3.05) is 12.3 Å². The number of anilines is 1. The van der Waals surface area contributed by atoms with Crippen LogP contribution in [0.5, 0.6) is 0 Å². The molecule has 2 aromatic heterocycles. The Morgan fingerprint density at radius 2 is 2.25 bits per heavy atom. The number of nitrogens with zero attached hydrogens (tertiary/aromatic N) is 4. The van der Waals surface area contributed by atoms with Gasteiger partial charge in [-0.1, -0.05) is 0 Å². The van der Waals surface area contributed by atoms with E-state index in [2.05, 4.69) is 30.9 Å². The topological polar surface area (TPSA) is 138 Å². The molecule has 0 bridgehead atoms. The van der Waals surface area contributed by atoms with Crippen LogP contribution in [0, 0.1) is 0 Å². The van der Waals surface area contributed by atoms with Gasteiger partial charge in [0.25, 0.3) is 0 Å². The molecule has 10 nitrogen and oxygen atoms in total. The maximum absolute atomic E-state index is 10.6. The third-order valence-corrected chi connectivity index (χ3v) is 5.80. The third-order valence-electron chi connectivity index (χ3n) is 3.68. The SMILES string of the molecule is Nc1ncnc2c1nc(Br)n2[C@@H]1O[C@@H]2COP(O)(=S)O[C@H]2[C@H]1O.[H-].[Na+]. The minimum absolute atomic E-state index is 0. The second-order valence-corrected chi connectivity index (χ2v) is 8.57. The zero-order valence-electron chi connectivity index (χ0n) is 13.3. The Kier molecular flexibility index (Phi) is 5.38. The van der Waals surface area contributed by atoms with E-state index < -0.39 is 31.3 Å². The van der Waals surface area contributed by atoms with Gasteiger partial charge < -0.3 is 26.4 Å². The molecular weight excluding hydrogens is 436 g/mol. The van der Waals surface area contributed by atoms with Crippen LogP contribution in [0.4, 0.5) is 5.82 Å². The van der Waals surface area contributed by atoms with Crippen molar-refractivity contribution >= 4 is 51.4 Å². The number of aliphatic hydroxyl groups excluding tert-OH is 1. The van der Waals surface area contributed by atoms with Crippen molar-refractivity contribution in [2.24, 2.45) is 0 Å². The van der Waals surface area contributed by atoms with Gasteiger partial charge >= 0.3 is 36.3 Å². The Morgan fingerprint density at radius 1 is 1.50 bits per heavy atom. The van der Waals surface area contributed by atoms with Gasteiger partial charge in [-0.25, -0.2) is 15.0 Å². The van der Waals surface area contributed by atoms with Crippen LogP contribution in [-0.4, -0.2) is 54.4 Å². The Labute approximate surface area is 172 Å². The molecule has 126 valence electrons. The van der Waals surface area contributed by atoms with Gasteiger partial charge in [-0.05, 0) is 27.7 Å². The monoisotopic (exact) mass is 447 g/mol. The molecule has 1 unspecified atom stereocenters. The number of fused-ring (bicyclic) bond motifs is 2. The molecule has 2 aliphatic rings. The molecule has 0 saturated carbocycles. The number of aliphatic hydroxyl groups is 1. The van der Waals surface area contributed by atoms with Crippen LogP contribution >= 0.6 is 22.6 Å². The summed E-state index contributed by atoms with van der Waals surface area (Å²) in [4.78, 5) is 22.0. The smallest absolute Gasteiger partial charge is 1.00 e. The van der Waals surface area contributed by atoms with Gasteiger partial charge in [-0.2, -0.15) is 0 Å². The molecule has 4 N–H and O–H groups in total. The fourth-order valence-electron chi connectivity index (χ4n) is 2.67. The van der Waals surface area contributed by atoms with E-state index in [1.54, 1.807) is 4.57 Å². The standard InChI is InChI=1S/C10H11BrN5O5PS.Na.H/c11-10-15-4-7(12)13-2-14-8(4)16(10)9-5(17)6-3(20-9)1-19-22(18,23)21-6;;/h2-3,5-6,9,17H,1H2,(H,18,23)(H2,12,13,14);;/q;+1;-1/t3-,5-,6-,9-,22?;;/m1../s1. The number of aromatic nitrogens is 4. The number of hydrogen-bond donors (Lipinski definition) is 3. The van der Waals surface area contributed by atoms with Crippen LogP contribution in [0.15, 0.2) is 11.1 Å². The van der Waals surface area contributed by atoms with E-state index in [1.165, 1.54) is 6.33 Å². The molecule has 2 aliphatic heterocycles. The number of ether oxygens (including phenoxy) is 1. The fourth-order valence-corrected chi connectivity index (χ4v) is 4.67. The largest absolute Gasteiger partial charge is 1.00 e. The van der Waals surface area contributed by atoms with E-state index in [0.717, 1.165) is 0 Å². The number of imidazole rings is 1. The van der Waals surface area contributed by atoms with Gasteiger partial charge in [0, 0.05) is 0 Å². The van der Waals surface area contributed by atoms with Crippen LogP contribution in [0.2, 0.25) is 0 Å². The zero-order valence-corrected chi connectivity index (χ0v) is 17.6. The Hall–Kier alpha value is 0.280. The minimum Gasteiger partial charge on any atom is -1.00 e. The maximum Gasteiger partial charge on any atom is 1.00 e. The summed E-state index contributed by atoms with van der Waals surface area (Å²) < 4.78 is 18.1. The third kappa shape index (κ3) is 3.08. The predicted molar refractivity (Wildman–Crippen MR) is 85.8 cm³/mol. The minimum atomic E-state index is -3.35. The van der Waals surface area contributed by atoms with E-state index in [-0.39, 0.29) is 43.4 Å². The second kappa shape index (κ2) is 6.78. The van der Waals surface area contributed by atoms with Gasteiger partial charge in [-0.15, -0.1) is 0 Å². The summed E-state index contributed by atoms with van der Waals surface area (Å²) in [7, 11) is 0. The molecule has 5 atom stereocenters. The van der Waals surface area contributed by atoms with Crippen molar-refractivity contribution < 1.29 is 54.8 Å². The van der Waals surface area contributed by atoms with Crippen molar-refractivity contribution in [3.63, 3.8) is 0 Å².